The molecule has 0 spiro atoms. The average Bonchev–Trinajstić information content (AvgIpc) is 3.55. The lowest BCUT2D eigenvalue weighted by Crippen LogP contribution is -2.53. The van der Waals surface area contributed by atoms with Gasteiger partial charge in [-0.25, -0.2) is 9.69 Å². The van der Waals surface area contributed by atoms with Gasteiger partial charge in [-0.05, 0) is 23.9 Å². The van der Waals surface area contributed by atoms with E-state index in [1.807, 2.05) is 72.2 Å². The van der Waals surface area contributed by atoms with Gasteiger partial charge in [-0.15, -0.1) is 0 Å². The average molecular weight is 592 g/mol. The zero-order chi connectivity index (χ0) is 30.7. The molecule has 11 heteroatoms. The molecule has 0 aliphatic carbocycles. The van der Waals surface area contributed by atoms with Crippen molar-refractivity contribution < 1.29 is 9.59 Å². The number of nitrogens with zero attached hydrogens (tertiary/aromatic N) is 7. The van der Waals surface area contributed by atoms with Gasteiger partial charge < -0.3 is 4.90 Å². The Morgan fingerprint density at radius 2 is 1.57 bits per heavy atom. The molecule has 2 saturated heterocycles. The molecule has 1 unspecified atom stereocenters. The highest BCUT2D eigenvalue weighted by Crippen LogP contribution is 2.33. The molecule has 0 N–H and O–H groups in total. The Hall–Kier alpha value is -5.03. The van der Waals surface area contributed by atoms with Gasteiger partial charge in [0.15, 0.2) is 11.2 Å². The summed E-state index contributed by atoms with van der Waals surface area (Å²) in [5.74, 6) is 0.200. The fraction of sp³-hybridized carbons (Fsp3) is 0.303. The van der Waals surface area contributed by atoms with Crippen molar-refractivity contribution in [2.75, 3.05) is 36.0 Å². The van der Waals surface area contributed by atoms with Crippen LogP contribution in [0.15, 0.2) is 76.3 Å². The zero-order valence-corrected chi connectivity index (χ0v) is 24.9. The number of carbonyl (C=O) groups excluding carboxylic acids is 2. The molecule has 0 saturated carbocycles. The second kappa shape index (κ2) is 10.6. The minimum atomic E-state index is -0.539. The van der Waals surface area contributed by atoms with Crippen molar-refractivity contribution >= 4 is 45.4 Å². The molecule has 44 heavy (non-hydrogen) atoms. The van der Waals surface area contributed by atoms with E-state index in [4.69, 9.17) is 4.98 Å². The normalized spacial score (nSPS) is 17.8. The summed E-state index contributed by atoms with van der Waals surface area (Å²) < 4.78 is 4.42. The molecule has 11 nitrogen and oxygen atoms in total. The molecule has 2 aromatic heterocycles. The van der Waals surface area contributed by atoms with E-state index in [-0.39, 0.29) is 18.2 Å². The number of fused-ring (bicyclic) bond motifs is 2. The Kier molecular flexibility index (Phi) is 6.69. The lowest BCUT2D eigenvalue weighted by atomic mass is 10.1. The smallest absolute Gasteiger partial charge is 0.332 e. The van der Waals surface area contributed by atoms with Crippen molar-refractivity contribution in [3.63, 3.8) is 0 Å². The SMILES string of the molecule is Cc1cccc(Cn2c(N3CCN(C4CC(=O)N(c5cccc6ccccc56)C4=O)CC3)nc3c2c(=O)n(C)c(=O)n3C)c1. The summed E-state index contributed by atoms with van der Waals surface area (Å²) in [4.78, 5) is 63.4. The molecule has 5 aromatic rings. The maximum atomic E-state index is 13.7. The molecule has 3 aromatic carbocycles. The number of anilines is 2. The number of imide groups is 1. The predicted octanol–water partition coefficient (Wildman–Crippen LogP) is 2.40. The number of imidazole rings is 1. The maximum absolute atomic E-state index is 13.7. The molecule has 0 bridgehead atoms. The third-order valence-electron chi connectivity index (χ3n) is 8.92. The van der Waals surface area contributed by atoms with Gasteiger partial charge >= 0.3 is 5.69 Å². The van der Waals surface area contributed by atoms with Crippen molar-refractivity contribution in [2.45, 2.75) is 25.9 Å². The van der Waals surface area contributed by atoms with Crippen LogP contribution in [0.1, 0.15) is 17.5 Å². The first-order valence-electron chi connectivity index (χ1n) is 14.8. The summed E-state index contributed by atoms with van der Waals surface area (Å²) >= 11 is 0. The molecule has 0 radical (unpaired) electrons. The van der Waals surface area contributed by atoms with Crippen LogP contribution in [0.4, 0.5) is 11.6 Å². The Morgan fingerprint density at radius 1 is 0.841 bits per heavy atom. The van der Waals surface area contributed by atoms with Crippen LogP contribution < -0.4 is 21.0 Å². The number of rotatable bonds is 5. The largest absolute Gasteiger partial charge is 0.340 e. The number of piperazine rings is 1. The zero-order valence-electron chi connectivity index (χ0n) is 24.9. The minimum absolute atomic E-state index is 0.131. The summed E-state index contributed by atoms with van der Waals surface area (Å²) in [6, 6.07) is 21.0. The van der Waals surface area contributed by atoms with Gasteiger partial charge in [0, 0.05) is 45.7 Å². The number of benzene rings is 3. The van der Waals surface area contributed by atoms with E-state index in [9.17, 15) is 19.2 Å². The third-order valence-corrected chi connectivity index (χ3v) is 8.92. The van der Waals surface area contributed by atoms with Crippen molar-refractivity contribution in [1.29, 1.82) is 0 Å². The van der Waals surface area contributed by atoms with Gasteiger partial charge in [0.05, 0.1) is 24.7 Å². The summed E-state index contributed by atoms with van der Waals surface area (Å²) in [6.45, 7) is 4.59. The van der Waals surface area contributed by atoms with Crippen LogP contribution in [-0.2, 0) is 30.2 Å². The molecule has 7 rings (SSSR count). The highest BCUT2D eigenvalue weighted by Gasteiger charge is 2.44. The van der Waals surface area contributed by atoms with Crippen LogP contribution in [0.25, 0.3) is 21.9 Å². The summed E-state index contributed by atoms with van der Waals surface area (Å²) in [5, 5.41) is 1.85. The van der Waals surface area contributed by atoms with Crippen molar-refractivity contribution in [3.8, 4) is 0 Å². The van der Waals surface area contributed by atoms with E-state index < -0.39 is 17.3 Å². The summed E-state index contributed by atoms with van der Waals surface area (Å²) in [5.41, 5.74) is 2.63. The second-order valence-corrected chi connectivity index (χ2v) is 11.7. The molecule has 1 atom stereocenters. The van der Waals surface area contributed by atoms with Crippen LogP contribution in [0.2, 0.25) is 0 Å². The Morgan fingerprint density at radius 3 is 2.34 bits per heavy atom. The number of carbonyl (C=O) groups is 2. The first-order chi connectivity index (χ1) is 21.2. The molecule has 4 heterocycles. The number of aromatic nitrogens is 4. The van der Waals surface area contributed by atoms with Crippen LogP contribution in [-0.4, -0.2) is 67.6 Å². The van der Waals surface area contributed by atoms with Gasteiger partial charge in [0.25, 0.3) is 11.5 Å². The fourth-order valence-electron chi connectivity index (χ4n) is 6.61. The van der Waals surface area contributed by atoms with Crippen LogP contribution in [0, 0.1) is 6.92 Å². The van der Waals surface area contributed by atoms with E-state index in [0.29, 0.717) is 55.5 Å². The van der Waals surface area contributed by atoms with E-state index in [1.165, 1.54) is 16.5 Å². The minimum Gasteiger partial charge on any atom is -0.340 e. The standard InChI is InChI=1S/C33H33N7O4/c1-21-8-6-9-22(18-21)20-39-28-29(35(2)33(44)36(3)31(28)43)34-32(39)38-16-14-37(15-17-38)26-19-27(41)40(30(26)42)25-13-7-11-23-10-4-5-12-24(23)25/h4-13,18,26H,14-17,19-20H2,1-3H3. The van der Waals surface area contributed by atoms with Crippen LogP contribution >= 0.6 is 0 Å². The molecule has 224 valence electrons. The van der Waals surface area contributed by atoms with Gasteiger partial charge in [-0.2, -0.15) is 4.98 Å². The number of hydrogen-bond donors (Lipinski definition) is 0. The summed E-state index contributed by atoms with van der Waals surface area (Å²) in [6.07, 6.45) is 0.131. The molecule has 2 aliphatic heterocycles. The first-order valence-corrected chi connectivity index (χ1v) is 14.8. The fourth-order valence-corrected chi connectivity index (χ4v) is 6.61. The summed E-state index contributed by atoms with van der Waals surface area (Å²) in [7, 11) is 3.11. The van der Waals surface area contributed by atoms with E-state index in [2.05, 4.69) is 15.9 Å². The van der Waals surface area contributed by atoms with Gasteiger partial charge in [0.2, 0.25) is 11.9 Å². The number of amides is 2. The van der Waals surface area contributed by atoms with Crippen LogP contribution in [0.5, 0.6) is 0 Å². The van der Waals surface area contributed by atoms with E-state index in [1.54, 1.807) is 7.05 Å². The van der Waals surface area contributed by atoms with Gasteiger partial charge in [0.1, 0.15) is 0 Å². The van der Waals surface area contributed by atoms with Crippen molar-refractivity contribution in [3.05, 3.63) is 98.7 Å². The quantitative estimate of drug-likeness (QED) is 0.289. The third kappa shape index (κ3) is 4.43. The van der Waals surface area contributed by atoms with E-state index in [0.717, 1.165) is 26.5 Å². The molecular formula is C33H33N7O4. The first kappa shape index (κ1) is 27.8. The molecular weight excluding hydrogens is 558 g/mol. The lowest BCUT2D eigenvalue weighted by Gasteiger charge is -2.37. The lowest BCUT2D eigenvalue weighted by molar-refractivity contribution is -0.123. The van der Waals surface area contributed by atoms with E-state index >= 15 is 0 Å². The highest BCUT2D eigenvalue weighted by atomic mass is 16.2. The Bertz CT molecular complexity index is 2080. The topological polar surface area (TPSA) is 106 Å². The second-order valence-electron chi connectivity index (χ2n) is 11.7. The van der Waals surface area contributed by atoms with Gasteiger partial charge in [-0.1, -0.05) is 66.2 Å². The monoisotopic (exact) mass is 591 g/mol. The Balaban J connectivity index is 1.18. The predicted molar refractivity (Wildman–Crippen MR) is 169 cm³/mol. The molecule has 2 fully saturated rings. The number of aryl methyl sites for hydroxylation is 2. The molecule has 2 aliphatic rings. The van der Waals surface area contributed by atoms with Crippen molar-refractivity contribution in [1.82, 2.24) is 23.6 Å². The highest BCUT2D eigenvalue weighted by molar-refractivity contribution is 6.25. The van der Waals surface area contributed by atoms with Crippen molar-refractivity contribution in [2.24, 2.45) is 14.1 Å². The maximum Gasteiger partial charge on any atom is 0.332 e. The van der Waals surface area contributed by atoms with Crippen LogP contribution in [0.3, 0.4) is 0 Å². The number of hydrogen-bond acceptors (Lipinski definition) is 7. The Labute approximate surface area is 253 Å². The van der Waals surface area contributed by atoms with Gasteiger partial charge in [-0.3, -0.25) is 33.0 Å². The molecule has 2 amide bonds.